The van der Waals surface area contributed by atoms with Crippen molar-refractivity contribution in [1.82, 2.24) is 9.97 Å². The lowest BCUT2D eigenvalue weighted by Gasteiger charge is -2.18. The fourth-order valence-electron chi connectivity index (χ4n) is 1.66. The molecule has 2 rings (SSSR count). The van der Waals surface area contributed by atoms with Crippen LogP contribution < -0.4 is 5.73 Å². The molecule has 0 radical (unpaired) electrons. The minimum Gasteiger partial charge on any atom is -0.368 e. The van der Waals surface area contributed by atoms with Crippen LogP contribution in [0.3, 0.4) is 0 Å². The van der Waals surface area contributed by atoms with Gasteiger partial charge in [0, 0.05) is 16.0 Å². The van der Waals surface area contributed by atoms with Crippen LogP contribution in [0.1, 0.15) is 26.5 Å². The number of anilines is 1. The van der Waals surface area contributed by atoms with Crippen LogP contribution in [0.2, 0.25) is 5.02 Å². The number of aromatic nitrogens is 2. The molecule has 1 aromatic heterocycles. The largest absolute Gasteiger partial charge is 0.368 e. The highest BCUT2D eigenvalue weighted by Gasteiger charge is 2.18. The van der Waals surface area contributed by atoms with Crippen molar-refractivity contribution in [3.8, 4) is 11.3 Å². The van der Waals surface area contributed by atoms with Crippen LogP contribution >= 0.6 is 11.6 Å². The molecule has 2 aromatic rings. The monoisotopic (exact) mass is 261 g/mol. The Balaban J connectivity index is 2.60. The summed E-state index contributed by atoms with van der Waals surface area (Å²) in [6, 6.07) is 9.53. The van der Waals surface area contributed by atoms with Gasteiger partial charge in [-0.3, -0.25) is 0 Å². The summed E-state index contributed by atoms with van der Waals surface area (Å²) >= 11 is 6.18. The van der Waals surface area contributed by atoms with Crippen LogP contribution in [-0.4, -0.2) is 9.97 Å². The Morgan fingerprint density at radius 3 is 2.39 bits per heavy atom. The van der Waals surface area contributed by atoms with Gasteiger partial charge in [0.05, 0.1) is 11.4 Å². The van der Waals surface area contributed by atoms with Crippen molar-refractivity contribution in [2.45, 2.75) is 26.2 Å². The zero-order chi connectivity index (χ0) is 13.3. The van der Waals surface area contributed by atoms with Crippen LogP contribution in [-0.2, 0) is 5.41 Å². The number of hydrogen-bond acceptors (Lipinski definition) is 3. The Morgan fingerprint density at radius 1 is 1.11 bits per heavy atom. The Labute approximate surface area is 112 Å². The summed E-state index contributed by atoms with van der Waals surface area (Å²) in [5, 5.41) is 0.662. The number of rotatable bonds is 1. The summed E-state index contributed by atoms with van der Waals surface area (Å²) in [4.78, 5) is 8.54. The van der Waals surface area contributed by atoms with Crippen LogP contribution in [0.15, 0.2) is 30.3 Å². The third-order valence-electron chi connectivity index (χ3n) is 2.66. The Kier molecular flexibility index (Phi) is 3.26. The van der Waals surface area contributed by atoms with Crippen molar-refractivity contribution in [2.75, 3.05) is 5.73 Å². The zero-order valence-electron chi connectivity index (χ0n) is 10.7. The maximum Gasteiger partial charge on any atom is 0.220 e. The van der Waals surface area contributed by atoms with Crippen LogP contribution in [0, 0.1) is 0 Å². The first kappa shape index (κ1) is 12.8. The molecule has 3 nitrogen and oxygen atoms in total. The lowest BCUT2D eigenvalue weighted by molar-refractivity contribution is 0.568. The van der Waals surface area contributed by atoms with Gasteiger partial charge in [-0.05, 0) is 12.1 Å². The van der Waals surface area contributed by atoms with Gasteiger partial charge in [-0.25, -0.2) is 9.97 Å². The predicted molar refractivity (Wildman–Crippen MR) is 75.6 cm³/mol. The van der Waals surface area contributed by atoms with Crippen molar-refractivity contribution in [2.24, 2.45) is 0 Å². The molecule has 0 saturated carbocycles. The van der Waals surface area contributed by atoms with Gasteiger partial charge in [0.15, 0.2) is 0 Å². The predicted octanol–water partition coefficient (Wildman–Crippen LogP) is 3.68. The summed E-state index contributed by atoms with van der Waals surface area (Å²) in [5.74, 6) is 0.275. The average Bonchev–Trinajstić information content (AvgIpc) is 2.27. The molecule has 0 saturated heterocycles. The van der Waals surface area contributed by atoms with Crippen LogP contribution in [0.5, 0.6) is 0 Å². The minimum absolute atomic E-state index is 0.0763. The maximum atomic E-state index is 6.18. The first-order chi connectivity index (χ1) is 8.38. The van der Waals surface area contributed by atoms with Gasteiger partial charge in [0.2, 0.25) is 5.95 Å². The molecule has 1 heterocycles. The molecule has 0 aliphatic rings. The smallest absolute Gasteiger partial charge is 0.220 e. The highest BCUT2D eigenvalue weighted by atomic mass is 35.5. The number of benzene rings is 1. The molecule has 0 spiro atoms. The van der Waals surface area contributed by atoms with E-state index in [9.17, 15) is 0 Å². The number of nitrogen functional groups attached to an aromatic ring is 1. The fourth-order valence-corrected chi connectivity index (χ4v) is 1.89. The summed E-state index contributed by atoms with van der Waals surface area (Å²) in [6.07, 6.45) is 0. The molecule has 0 atom stereocenters. The van der Waals surface area contributed by atoms with E-state index in [-0.39, 0.29) is 11.4 Å². The molecular formula is C14H16ClN3. The van der Waals surface area contributed by atoms with E-state index in [1.807, 2.05) is 30.3 Å². The van der Waals surface area contributed by atoms with Gasteiger partial charge < -0.3 is 5.73 Å². The Morgan fingerprint density at radius 2 is 1.78 bits per heavy atom. The van der Waals surface area contributed by atoms with Crippen molar-refractivity contribution in [3.05, 3.63) is 41.0 Å². The lowest BCUT2D eigenvalue weighted by atomic mass is 9.91. The second-order valence-electron chi connectivity index (χ2n) is 5.23. The molecule has 0 fully saturated rings. The van der Waals surface area contributed by atoms with Crippen LogP contribution in [0.25, 0.3) is 11.3 Å². The number of nitrogens with two attached hydrogens (primary N) is 1. The molecular weight excluding hydrogens is 246 g/mol. The molecule has 18 heavy (non-hydrogen) atoms. The Hall–Kier alpha value is -1.61. The Bertz CT molecular complexity index is 573. The second-order valence-corrected chi connectivity index (χ2v) is 5.63. The molecule has 2 N–H and O–H groups in total. The van der Waals surface area contributed by atoms with Gasteiger partial charge >= 0.3 is 0 Å². The summed E-state index contributed by atoms with van der Waals surface area (Å²) < 4.78 is 0. The van der Waals surface area contributed by atoms with E-state index >= 15 is 0 Å². The van der Waals surface area contributed by atoms with Crippen LogP contribution in [0.4, 0.5) is 5.95 Å². The highest BCUT2D eigenvalue weighted by molar-refractivity contribution is 6.33. The van der Waals surface area contributed by atoms with E-state index in [0.717, 1.165) is 17.0 Å². The number of nitrogens with zero attached hydrogens (tertiary/aromatic N) is 2. The quantitative estimate of drug-likeness (QED) is 0.852. The first-order valence-corrected chi connectivity index (χ1v) is 6.15. The zero-order valence-corrected chi connectivity index (χ0v) is 11.5. The fraction of sp³-hybridized carbons (Fsp3) is 0.286. The molecule has 0 aliphatic carbocycles. The normalized spacial score (nSPS) is 11.6. The lowest BCUT2D eigenvalue weighted by Crippen LogP contribution is -2.15. The van der Waals surface area contributed by atoms with Crippen molar-refractivity contribution < 1.29 is 0 Å². The summed E-state index contributed by atoms with van der Waals surface area (Å²) in [5.41, 5.74) is 8.25. The van der Waals surface area contributed by atoms with Crippen molar-refractivity contribution >= 4 is 17.5 Å². The first-order valence-electron chi connectivity index (χ1n) is 5.78. The molecule has 94 valence electrons. The highest BCUT2D eigenvalue weighted by Crippen LogP contribution is 2.29. The van der Waals surface area contributed by atoms with E-state index < -0.39 is 0 Å². The molecule has 0 aliphatic heterocycles. The third kappa shape index (κ3) is 2.62. The second kappa shape index (κ2) is 4.58. The third-order valence-corrected chi connectivity index (χ3v) is 2.99. The van der Waals surface area contributed by atoms with E-state index in [1.165, 1.54) is 0 Å². The number of halogens is 1. The molecule has 0 unspecified atom stereocenters. The van der Waals surface area contributed by atoms with E-state index in [1.54, 1.807) is 0 Å². The summed E-state index contributed by atoms with van der Waals surface area (Å²) in [7, 11) is 0. The molecule has 0 amide bonds. The van der Waals surface area contributed by atoms with Crippen molar-refractivity contribution in [1.29, 1.82) is 0 Å². The number of hydrogen-bond donors (Lipinski definition) is 1. The van der Waals surface area contributed by atoms with E-state index in [4.69, 9.17) is 17.3 Å². The van der Waals surface area contributed by atoms with Gasteiger partial charge in [0.25, 0.3) is 0 Å². The molecule has 1 aromatic carbocycles. The van der Waals surface area contributed by atoms with Crippen molar-refractivity contribution in [3.63, 3.8) is 0 Å². The minimum atomic E-state index is -0.0763. The summed E-state index contributed by atoms with van der Waals surface area (Å²) in [6.45, 7) is 6.27. The average molecular weight is 262 g/mol. The van der Waals surface area contributed by atoms with Gasteiger partial charge in [-0.2, -0.15) is 0 Å². The topological polar surface area (TPSA) is 51.8 Å². The molecule has 0 bridgehead atoms. The van der Waals surface area contributed by atoms with Gasteiger partial charge in [0.1, 0.15) is 0 Å². The SMILES string of the molecule is CC(C)(C)c1cc(-c2ccccc2Cl)nc(N)n1. The maximum absolute atomic E-state index is 6.18. The standard InChI is InChI=1S/C14H16ClN3/c1-14(2,3)12-8-11(17-13(16)18-12)9-6-4-5-7-10(9)15/h4-8H,1-3H3,(H2,16,17,18). The van der Waals surface area contributed by atoms with Gasteiger partial charge in [-0.15, -0.1) is 0 Å². The van der Waals surface area contributed by atoms with E-state index in [2.05, 4.69) is 30.7 Å². The molecule has 4 heteroatoms. The van der Waals surface area contributed by atoms with E-state index in [0.29, 0.717) is 5.02 Å². The van der Waals surface area contributed by atoms with Gasteiger partial charge in [-0.1, -0.05) is 50.6 Å².